The summed E-state index contributed by atoms with van der Waals surface area (Å²) >= 11 is 0. The lowest BCUT2D eigenvalue weighted by molar-refractivity contribution is -0.117. The summed E-state index contributed by atoms with van der Waals surface area (Å²) in [5.41, 5.74) is 3.55. The fourth-order valence-corrected chi connectivity index (χ4v) is 4.03. The molecule has 1 amide bonds. The third kappa shape index (κ3) is 2.95. The quantitative estimate of drug-likeness (QED) is 0.570. The average molecular weight is 400 g/mol. The first kappa shape index (κ1) is 18.2. The number of nitrogens with one attached hydrogen (secondary N) is 1. The second-order valence-electron chi connectivity index (χ2n) is 7.31. The summed E-state index contributed by atoms with van der Waals surface area (Å²) in [6.07, 6.45) is 2.08. The second-order valence-corrected chi connectivity index (χ2v) is 7.31. The lowest BCUT2D eigenvalue weighted by Gasteiger charge is -2.19. The van der Waals surface area contributed by atoms with Gasteiger partial charge in [0.1, 0.15) is 5.75 Å². The lowest BCUT2D eigenvalue weighted by atomic mass is 10.0. The van der Waals surface area contributed by atoms with Crippen molar-refractivity contribution < 1.29 is 9.53 Å². The number of methoxy groups -OCH3 is 1. The number of nitrogens with zero attached hydrogens (tertiary/aromatic N) is 3. The Kier molecular flexibility index (Phi) is 4.35. The van der Waals surface area contributed by atoms with Crippen LogP contribution in [0.3, 0.4) is 0 Å². The Morgan fingerprint density at radius 3 is 2.63 bits per heavy atom. The molecule has 0 saturated carbocycles. The molecule has 0 aliphatic carbocycles. The number of fused-ring (bicyclic) bond motifs is 1. The number of rotatable bonds is 4. The molecule has 1 saturated heterocycles. The van der Waals surface area contributed by atoms with Crippen molar-refractivity contribution in [2.24, 2.45) is 0 Å². The predicted molar refractivity (Wildman–Crippen MR) is 114 cm³/mol. The number of carbonyl (C=O) groups excluding carboxylic acids is 1. The Morgan fingerprint density at radius 2 is 1.83 bits per heavy atom. The summed E-state index contributed by atoms with van der Waals surface area (Å²) in [6.45, 7) is 0.451. The van der Waals surface area contributed by atoms with Gasteiger partial charge in [0.15, 0.2) is 5.65 Å². The van der Waals surface area contributed by atoms with Gasteiger partial charge in [0.25, 0.3) is 5.56 Å². The zero-order valence-corrected chi connectivity index (χ0v) is 16.4. The molecule has 1 N–H and O–H groups in total. The van der Waals surface area contributed by atoms with Gasteiger partial charge in [-0.15, -0.1) is 0 Å². The Morgan fingerprint density at radius 1 is 1.07 bits per heavy atom. The minimum absolute atomic E-state index is 0.0103. The molecule has 4 aromatic rings. The standard InChI is InChI=1S/C23H20N4O3/c1-30-20-10-6-5-9-19(20)26-14-16(11-21(26)28)18-12-22(29)27-23(25-18)17(13-24-27)15-7-3-2-4-8-15/h2-10,12-13,16,24H,11,14H2,1H3/t16-/m0/s1. The van der Waals surface area contributed by atoms with E-state index in [-0.39, 0.29) is 17.4 Å². The molecule has 1 aliphatic heterocycles. The van der Waals surface area contributed by atoms with Crippen LogP contribution in [0.5, 0.6) is 5.75 Å². The number of H-pyrrole nitrogens is 1. The zero-order chi connectivity index (χ0) is 20.7. The molecular weight excluding hydrogens is 380 g/mol. The maximum Gasteiger partial charge on any atom is 0.272 e. The first-order chi connectivity index (χ1) is 14.7. The minimum Gasteiger partial charge on any atom is -0.495 e. The number of benzene rings is 2. The molecule has 1 atom stereocenters. The normalized spacial score (nSPS) is 16.4. The largest absolute Gasteiger partial charge is 0.495 e. The molecule has 150 valence electrons. The number of anilines is 1. The Hall–Kier alpha value is -3.87. The number of ether oxygens (including phenoxy) is 1. The van der Waals surface area contributed by atoms with Crippen LogP contribution >= 0.6 is 0 Å². The maximum absolute atomic E-state index is 12.8. The lowest BCUT2D eigenvalue weighted by Crippen LogP contribution is -2.25. The van der Waals surface area contributed by atoms with E-state index in [1.807, 2.05) is 54.6 Å². The monoisotopic (exact) mass is 400 g/mol. The van der Waals surface area contributed by atoms with E-state index in [4.69, 9.17) is 9.72 Å². The first-order valence-corrected chi connectivity index (χ1v) is 9.75. The number of carbonyl (C=O) groups is 1. The van der Waals surface area contributed by atoms with Crippen molar-refractivity contribution in [3.63, 3.8) is 0 Å². The van der Waals surface area contributed by atoms with Crippen LogP contribution in [0.1, 0.15) is 18.0 Å². The maximum atomic E-state index is 12.8. The molecule has 1 fully saturated rings. The summed E-state index contributed by atoms with van der Waals surface area (Å²) in [4.78, 5) is 32.0. The Balaban J connectivity index is 1.54. The van der Waals surface area contributed by atoms with E-state index >= 15 is 0 Å². The number of hydrogen-bond acceptors (Lipinski definition) is 4. The van der Waals surface area contributed by atoms with Crippen molar-refractivity contribution >= 4 is 17.2 Å². The molecule has 1 aliphatic rings. The SMILES string of the molecule is COc1ccccc1N1C[C@@H](c2cc(=O)n3[nH]cc(-c4ccccc4)c3n2)CC1=O. The van der Waals surface area contributed by atoms with E-state index in [1.54, 1.807) is 18.2 Å². The van der Waals surface area contributed by atoms with Gasteiger partial charge in [0, 0.05) is 36.7 Å². The van der Waals surface area contributed by atoms with E-state index in [9.17, 15) is 9.59 Å². The summed E-state index contributed by atoms with van der Waals surface area (Å²) in [6, 6.07) is 18.7. The van der Waals surface area contributed by atoms with Crippen LogP contribution in [0.2, 0.25) is 0 Å². The zero-order valence-electron chi connectivity index (χ0n) is 16.4. The van der Waals surface area contributed by atoms with Crippen LogP contribution in [0.25, 0.3) is 16.8 Å². The summed E-state index contributed by atoms with van der Waals surface area (Å²) < 4.78 is 6.84. The highest BCUT2D eigenvalue weighted by atomic mass is 16.5. The topological polar surface area (TPSA) is 79.7 Å². The minimum atomic E-state index is -0.194. The molecule has 2 aromatic heterocycles. The highest BCUT2D eigenvalue weighted by Gasteiger charge is 2.34. The van der Waals surface area contributed by atoms with Gasteiger partial charge in [0.2, 0.25) is 5.91 Å². The van der Waals surface area contributed by atoms with E-state index < -0.39 is 0 Å². The van der Waals surface area contributed by atoms with Crippen molar-refractivity contribution in [2.45, 2.75) is 12.3 Å². The molecule has 7 nitrogen and oxygen atoms in total. The fourth-order valence-electron chi connectivity index (χ4n) is 4.03. The van der Waals surface area contributed by atoms with E-state index in [2.05, 4.69) is 5.10 Å². The molecule has 30 heavy (non-hydrogen) atoms. The van der Waals surface area contributed by atoms with Crippen molar-refractivity contribution in [1.29, 1.82) is 0 Å². The van der Waals surface area contributed by atoms with Gasteiger partial charge in [0.05, 0.1) is 18.5 Å². The van der Waals surface area contributed by atoms with Crippen LogP contribution in [0.4, 0.5) is 5.69 Å². The van der Waals surface area contributed by atoms with Crippen molar-refractivity contribution in [3.05, 3.63) is 82.9 Å². The molecule has 0 unspecified atom stereocenters. The third-order valence-electron chi connectivity index (χ3n) is 5.52. The second kappa shape index (κ2) is 7.18. The van der Waals surface area contributed by atoms with Gasteiger partial charge < -0.3 is 9.64 Å². The summed E-state index contributed by atoms with van der Waals surface area (Å²) in [7, 11) is 1.59. The highest BCUT2D eigenvalue weighted by molar-refractivity contribution is 5.97. The van der Waals surface area contributed by atoms with Crippen LogP contribution < -0.4 is 15.2 Å². The summed E-state index contributed by atoms with van der Waals surface area (Å²) in [5.74, 6) is 0.467. The Labute approximate surface area is 172 Å². The molecule has 5 rings (SSSR count). The first-order valence-electron chi connectivity index (χ1n) is 9.75. The smallest absolute Gasteiger partial charge is 0.272 e. The van der Waals surface area contributed by atoms with Crippen molar-refractivity contribution in [2.75, 3.05) is 18.6 Å². The Bertz CT molecular complexity index is 1290. The summed E-state index contributed by atoms with van der Waals surface area (Å²) in [5, 5.41) is 2.98. The van der Waals surface area contributed by atoms with Gasteiger partial charge in [-0.2, -0.15) is 0 Å². The number of hydrogen-bond donors (Lipinski definition) is 1. The van der Waals surface area contributed by atoms with Crippen molar-refractivity contribution in [1.82, 2.24) is 14.6 Å². The average Bonchev–Trinajstić information content (AvgIpc) is 3.38. The molecule has 0 radical (unpaired) electrons. The van der Waals surface area contributed by atoms with Crippen LogP contribution in [0, 0.1) is 0 Å². The molecule has 0 spiro atoms. The van der Waals surface area contributed by atoms with Crippen LogP contribution in [0.15, 0.2) is 71.7 Å². The molecule has 0 bridgehead atoms. The van der Waals surface area contributed by atoms with Gasteiger partial charge >= 0.3 is 0 Å². The number of amides is 1. The number of aromatic amines is 1. The van der Waals surface area contributed by atoms with Gasteiger partial charge in [-0.3, -0.25) is 14.7 Å². The number of aromatic nitrogens is 3. The van der Waals surface area contributed by atoms with Gasteiger partial charge in [-0.05, 0) is 17.7 Å². The van der Waals surface area contributed by atoms with Gasteiger partial charge in [-0.1, -0.05) is 42.5 Å². The molecular formula is C23H20N4O3. The molecule has 7 heteroatoms. The van der Waals surface area contributed by atoms with E-state index in [0.29, 0.717) is 30.1 Å². The van der Waals surface area contributed by atoms with Crippen LogP contribution in [-0.4, -0.2) is 34.2 Å². The van der Waals surface area contributed by atoms with Crippen LogP contribution in [-0.2, 0) is 4.79 Å². The predicted octanol–water partition coefficient (Wildman–Crippen LogP) is 3.22. The van der Waals surface area contributed by atoms with E-state index in [0.717, 1.165) is 16.8 Å². The van der Waals surface area contributed by atoms with Crippen molar-refractivity contribution in [3.8, 4) is 16.9 Å². The fraction of sp³-hybridized carbons (Fsp3) is 0.174. The third-order valence-corrected chi connectivity index (χ3v) is 5.52. The molecule has 3 heterocycles. The number of para-hydroxylation sites is 2. The van der Waals surface area contributed by atoms with Gasteiger partial charge in [-0.25, -0.2) is 9.50 Å². The molecule has 2 aromatic carbocycles. The highest BCUT2D eigenvalue weighted by Crippen LogP contribution is 2.36. The van der Waals surface area contributed by atoms with E-state index in [1.165, 1.54) is 10.6 Å².